The molecule has 21 heavy (non-hydrogen) atoms. The summed E-state index contributed by atoms with van der Waals surface area (Å²) < 4.78 is 0. The number of hydrogen-bond acceptors (Lipinski definition) is 5. The Bertz CT molecular complexity index is 662. The Hall–Kier alpha value is -2.08. The van der Waals surface area contributed by atoms with Crippen LogP contribution in [0.25, 0.3) is 0 Å². The predicted octanol–water partition coefficient (Wildman–Crippen LogP) is 2.79. The van der Waals surface area contributed by atoms with Crippen molar-refractivity contribution in [3.63, 3.8) is 0 Å². The Balaban J connectivity index is 2.13. The van der Waals surface area contributed by atoms with Crippen molar-refractivity contribution < 1.29 is 5.21 Å². The highest BCUT2D eigenvalue weighted by atomic mass is 32.2. The maximum absolute atomic E-state index is 8.71. The third-order valence-electron chi connectivity index (χ3n) is 3.31. The molecule has 0 bridgehead atoms. The molecule has 0 fully saturated rings. The number of aromatic nitrogens is 2. The fraction of sp³-hybridized carbons (Fsp3) is 0.267. The van der Waals surface area contributed by atoms with Gasteiger partial charge in [0.15, 0.2) is 11.0 Å². The van der Waals surface area contributed by atoms with Crippen LogP contribution in [-0.4, -0.2) is 21.0 Å². The molecule has 110 valence electrons. The molecule has 0 saturated carbocycles. The van der Waals surface area contributed by atoms with Gasteiger partial charge in [0, 0.05) is 22.7 Å². The molecule has 0 aliphatic carbocycles. The van der Waals surface area contributed by atoms with Gasteiger partial charge < -0.3 is 10.9 Å². The van der Waals surface area contributed by atoms with Crippen LogP contribution in [0.5, 0.6) is 0 Å². The second kappa shape index (κ2) is 6.58. The molecule has 3 N–H and O–H groups in total. The zero-order chi connectivity index (χ0) is 15.4. The third kappa shape index (κ3) is 3.72. The van der Waals surface area contributed by atoms with Gasteiger partial charge in [0.1, 0.15) is 0 Å². The summed E-state index contributed by atoms with van der Waals surface area (Å²) in [7, 11) is 0. The smallest absolute Gasteiger partial charge is 0.188 e. The normalized spacial score (nSPS) is 11.7. The third-order valence-corrected chi connectivity index (χ3v) is 4.23. The zero-order valence-electron chi connectivity index (χ0n) is 12.3. The molecular formula is C15H18N4OS. The molecule has 2 aromatic rings. The summed E-state index contributed by atoms with van der Waals surface area (Å²) in [5, 5.41) is 12.5. The molecule has 0 unspecified atom stereocenters. The minimum atomic E-state index is 0.111. The first kappa shape index (κ1) is 15.3. The molecule has 2 rings (SSSR count). The van der Waals surface area contributed by atoms with Crippen LogP contribution >= 0.6 is 11.8 Å². The highest BCUT2D eigenvalue weighted by Crippen LogP contribution is 2.22. The number of amidine groups is 1. The van der Waals surface area contributed by atoms with E-state index in [0.29, 0.717) is 5.56 Å². The van der Waals surface area contributed by atoms with Gasteiger partial charge in [0.05, 0.1) is 0 Å². The molecular weight excluding hydrogens is 284 g/mol. The van der Waals surface area contributed by atoms with Crippen LogP contribution in [0.1, 0.15) is 28.1 Å². The Labute approximate surface area is 128 Å². The maximum Gasteiger partial charge on any atom is 0.188 e. The summed E-state index contributed by atoms with van der Waals surface area (Å²) in [6.45, 7) is 6.01. The highest BCUT2D eigenvalue weighted by Gasteiger charge is 2.06. The van der Waals surface area contributed by atoms with E-state index in [1.807, 2.05) is 39.0 Å². The second-order valence-corrected chi connectivity index (χ2v) is 5.72. The Kier molecular flexibility index (Phi) is 4.80. The monoisotopic (exact) mass is 302 g/mol. The van der Waals surface area contributed by atoms with Gasteiger partial charge in [-0.05, 0) is 38.0 Å². The lowest BCUT2D eigenvalue weighted by Gasteiger charge is -2.07. The zero-order valence-corrected chi connectivity index (χ0v) is 13.1. The number of thioether (sulfide) groups is 1. The van der Waals surface area contributed by atoms with E-state index in [1.54, 1.807) is 17.8 Å². The maximum atomic E-state index is 8.71. The van der Waals surface area contributed by atoms with Crippen LogP contribution in [-0.2, 0) is 5.75 Å². The fourth-order valence-corrected chi connectivity index (χ4v) is 2.71. The molecule has 0 aliphatic heterocycles. The minimum Gasteiger partial charge on any atom is -0.409 e. The van der Waals surface area contributed by atoms with Gasteiger partial charge in [0.2, 0.25) is 0 Å². The minimum absolute atomic E-state index is 0.111. The number of aryl methyl sites for hydroxylation is 2. The molecule has 1 heterocycles. The van der Waals surface area contributed by atoms with E-state index in [-0.39, 0.29) is 5.84 Å². The van der Waals surface area contributed by atoms with Crippen molar-refractivity contribution in [2.24, 2.45) is 10.9 Å². The van der Waals surface area contributed by atoms with Gasteiger partial charge in [0.25, 0.3) is 0 Å². The molecule has 0 aliphatic rings. The molecule has 6 heteroatoms. The Morgan fingerprint density at radius 3 is 2.52 bits per heavy atom. The van der Waals surface area contributed by atoms with E-state index < -0.39 is 0 Å². The van der Waals surface area contributed by atoms with E-state index in [9.17, 15) is 0 Å². The summed E-state index contributed by atoms with van der Waals surface area (Å²) in [5.41, 5.74) is 10.5. The van der Waals surface area contributed by atoms with Gasteiger partial charge in [-0.1, -0.05) is 35.1 Å². The summed E-state index contributed by atoms with van der Waals surface area (Å²) in [6, 6.07) is 7.58. The number of rotatable bonds is 4. The lowest BCUT2D eigenvalue weighted by molar-refractivity contribution is 0.318. The summed E-state index contributed by atoms with van der Waals surface area (Å²) >= 11 is 1.57. The van der Waals surface area contributed by atoms with Gasteiger partial charge in [-0.3, -0.25) is 0 Å². The highest BCUT2D eigenvalue weighted by molar-refractivity contribution is 7.98. The molecule has 5 nitrogen and oxygen atoms in total. The topological polar surface area (TPSA) is 84.4 Å². The first-order chi connectivity index (χ1) is 10.0. The van der Waals surface area contributed by atoms with Crippen molar-refractivity contribution in [1.82, 2.24) is 9.97 Å². The quantitative estimate of drug-likeness (QED) is 0.226. The van der Waals surface area contributed by atoms with Crippen molar-refractivity contribution in [3.05, 3.63) is 52.3 Å². The van der Waals surface area contributed by atoms with E-state index >= 15 is 0 Å². The van der Waals surface area contributed by atoms with E-state index in [0.717, 1.165) is 33.4 Å². The number of nitrogens with zero attached hydrogens (tertiary/aromatic N) is 3. The van der Waals surface area contributed by atoms with Gasteiger partial charge in [-0.2, -0.15) is 0 Å². The number of benzene rings is 1. The van der Waals surface area contributed by atoms with Gasteiger partial charge in [-0.25, -0.2) is 9.97 Å². The van der Waals surface area contributed by atoms with Gasteiger partial charge in [-0.15, -0.1) is 0 Å². The Morgan fingerprint density at radius 1 is 1.24 bits per heavy atom. The van der Waals surface area contributed by atoms with Crippen molar-refractivity contribution in [2.45, 2.75) is 31.7 Å². The average molecular weight is 302 g/mol. The fourth-order valence-electron chi connectivity index (χ4n) is 1.83. The average Bonchev–Trinajstić information content (AvgIpc) is 2.50. The van der Waals surface area contributed by atoms with Crippen LogP contribution in [0.3, 0.4) is 0 Å². The number of nitrogens with two attached hydrogens (primary N) is 1. The van der Waals surface area contributed by atoms with Crippen molar-refractivity contribution in [2.75, 3.05) is 0 Å². The van der Waals surface area contributed by atoms with Crippen LogP contribution in [0.15, 0.2) is 34.6 Å². The van der Waals surface area contributed by atoms with Crippen LogP contribution in [0.4, 0.5) is 0 Å². The van der Waals surface area contributed by atoms with Crippen molar-refractivity contribution in [1.29, 1.82) is 0 Å². The largest absolute Gasteiger partial charge is 0.409 e. The summed E-state index contributed by atoms with van der Waals surface area (Å²) in [5.74, 6) is 0.842. The van der Waals surface area contributed by atoms with Crippen molar-refractivity contribution in [3.8, 4) is 0 Å². The van der Waals surface area contributed by atoms with Gasteiger partial charge >= 0.3 is 0 Å². The lowest BCUT2D eigenvalue weighted by atomic mass is 10.1. The second-order valence-electron chi connectivity index (χ2n) is 4.78. The van der Waals surface area contributed by atoms with Crippen LogP contribution in [0, 0.1) is 20.8 Å². The van der Waals surface area contributed by atoms with E-state index in [4.69, 9.17) is 10.9 Å². The molecule has 0 saturated heterocycles. The summed E-state index contributed by atoms with van der Waals surface area (Å²) in [4.78, 5) is 8.97. The first-order valence-electron chi connectivity index (χ1n) is 6.52. The van der Waals surface area contributed by atoms with Crippen LogP contribution in [0.2, 0.25) is 0 Å². The standard InChI is InChI=1S/C15H18N4OS/c1-9-10(2)17-15(18-11(9)3)21-8-12-5-4-6-13(7-12)14(16)19-20/h4-7,20H,8H2,1-3H3,(H2,16,19). The first-order valence-corrected chi connectivity index (χ1v) is 7.51. The molecule has 0 atom stereocenters. The van der Waals surface area contributed by atoms with Crippen LogP contribution < -0.4 is 5.73 Å². The summed E-state index contributed by atoms with van der Waals surface area (Å²) in [6.07, 6.45) is 0. The van der Waals surface area contributed by atoms with Crippen molar-refractivity contribution >= 4 is 17.6 Å². The molecule has 1 aromatic carbocycles. The molecule has 0 radical (unpaired) electrons. The molecule has 1 aromatic heterocycles. The number of hydrogen-bond donors (Lipinski definition) is 2. The number of oxime groups is 1. The molecule has 0 spiro atoms. The SMILES string of the molecule is Cc1nc(SCc2cccc(C(N)=NO)c2)nc(C)c1C. The predicted molar refractivity (Wildman–Crippen MR) is 84.8 cm³/mol. The van der Waals surface area contributed by atoms with E-state index in [1.165, 1.54) is 0 Å². The lowest BCUT2D eigenvalue weighted by Crippen LogP contribution is -2.13. The Morgan fingerprint density at radius 2 is 1.90 bits per heavy atom. The molecule has 0 amide bonds. The van der Waals surface area contributed by atoms with E-state index in [2.05, 4.69) is 15.1 Å².